The molecule has 2 aliphatic heterocycles. The van der Waals surface area contributed by atoms with Crippen LogP contribution in [0.3, 0.4) is 0 Å². The molecule has 1 aliphatic carbocycles. The number of thiocarbonyl (C=S) groups is 1. The van der Waals surface area contributed by atoms with Crippen LogP contribution >= 0.6 is 12.2 Å². The number of anilines is 2. The molecule has 41 heavy (non-hydrogen) atoms. The van der Waals surface area contributed by atoms with Gasteiger partial charge in [0.25, 0.3) is 11.5 Å². The number of pyridine rings is 2. The Morgan fingerprint density at radius 3 is 2.44 bits per heavy atom. The van der Waals surface area contributed by atoms with Crippen LogP contribution in [0.2, 0.25) is 0 Å². The highest BCUT2D eigenvalue weighted by Gasteiger charge is 2.60. The van der Waals surface area contributed by atoms with Crippen LogP contribution in [0, 0.1) is 17.2 Å². The molecule has 216 valence electrons. The quantitative estimate of drug-likeness (QED) is 0.492. The molecular formula is C27H27F3N6O4S. The second-order valence-electron chi connectivity index (χ2n) is 11.5. The lowest BCUT2D eigenvalue weighted by Gasteiger charge is -2.43. The van der Waals surface area contributed by atoms with Crippen LogP contribution in [0.1, 0.15) is 51.3 Å². The summed E-state index contributed by atoms with van der Waals surface area (Å²) in [5.74, 6) is -0.486. The van der Waals surface area contributed by atoms with E-state index in [1.165, 1.54) is 22.8 Å². The fraction of sp³-hybridized carbons (Fsp3) is 0.481. The van der Waals surface area contributed by atoms with Crippen LogP contribution < -0.4 is 15.4 Å². The summed E-state index contributed by atoms with van der Waals surface area (Å²) < 4.78 is 47.8. The van der Waals surface area contributed by atoms with E-state index in [2.05, 4.69) is 4.98 Å². The second kappa shape index (κ2) is 9.83. The first-order valence-corrected chi connectivity index (χ1v) is 13.4. The topological polar surface area (TPSA) is 112 Å². The average Bonchev–Trinajstić information content (AvgIpc) is 3.06. The number of carbonyl (C=O) groups is 2. The van der Waals surface area contributed by atoms with Crippen LogP contribution in [-0.2, 0) is 22.3 Å². The number of hydrogen-bond acceptors (Lipinski definition) is 7. The highest BCUT2D eigenvalue weighted by Crippen LogP contribution is 2.48. The third kappa shape index (κ3) is 5.03. The lowest BCUT2D eigenvalue weighted by molar-refractivity contribution is -0.138. The van der Waals surface area contributed by atoms with E-state index in [4.69, 9.17) is 22.2 Å². The van der Waals surface area contributed by atoms with Gasteiger partial charge in [0.2, 0.25) is 0 Å². The predicted octanol–water partition coefficient (Wildman–Crippen LogP) is 4.06. The SMILES string of the molecule is CC(C)(C)OC(=O)N1CC(Cn2cc(N3C(=S)N(c4cnc(C#N)c(C(F)(F)F)c4)C(=O)C34CCC4)ccc2=O)C1. The number of nitrogens with zero attached hydrogens (tertiary/aromatic N) is 6. The van der Waals surface area contributed by atoms with Gasteiger partial charge in [-0.2, -0.15) is 18.4 Å². The van der Waals surface area contributed by atoms with E-state index in [1.807, 2.05) is 0 Å². The van der Waals surface area contributed by atoms with Gasteiger partial charge in [-0.25, -0.2) is 9.78 Å². The number of halogens is 3. The summed E-state index contributed by atoms with van der Waals surface area (Å²) in [7, 11) is 0. The molecule has 10 nitrogen and oxygen atoms in total. The van der Waals surface area contributed by atoms with Crippen molar-refractivity contribution < 1.29 is 27.5 Å². The van der Waals surface area contributed by atoms with Gasteiger partial charge in [0.15, 0.2) is 10.8 Å². The molecule has 3 fully saturated rings. The number of rotatable bonds is 4. The summed E-state index contributed by atoms with van der Waals surface area (Å²) in [6.07, 6.45) is -1.12. The van der Waals surface area contributed by atoms with Gasteiger partial charge in [-0.05, 0) is 64.4 Å². The number of ether oxygens (including phenoxy) is 1. The standard InChI is InChI=1S/C27H27F3N6O4S/c1-25(2,3)40-24(39)34-13-16(14-34)12-33-15-17(5-6-21(33)37)36-23(41)35(22(38)26(36)7-4-8-26)18-9-19(27(28,29)30)20(10-31)32-11-18/h5-6,9,11,15-16H,4,7-8,12-14H2,1-3H3. The smallest absolute Gasteiger partial charge is 0.419 e. The van der Waals surface area contributed by atoms with E-state index >= 15 is 0 Å². The number of hydrogen-bond donors (Lipinski definition) is 0. The van der Waals surface area contributed by atoms with Crippen molar-refractivity contribution in [3.63, 3.8) is 0 Å². The minimum Gasteiger partial charge on any atom is -0.444 e. The molecule has 3 aliphatic rings. The second-order valence-corrected chi connectivity index (χ2v) is 11.8. The summed E-state index contributed by atoms with van der Waals surface area (Å²) in [6, 6.07) is 5.03. The number of nitriles is 1. The fourth-order valence-electron chi connectivity index (χ4n) is 5.32. The van der Waals surface area contributed by atoms with Gasteiger partial charge in [-0.3, -0.25) is 14.5 Å². The maximum Gasteiger partial charge on any atom is 0.419 e. The van der Waals surface area contributed by atoms with Crippen molar-refractivity contribution >= 4 is 40.7 Å². The molecule has 14 heteroatoms. The average molecular weight is 589 g/mol. The first-order chi connectivity index (χ1) is 19.1. The Labute approximate surface area is 238 Å². The minimum absolute atomic E-state index is 0.00213. The highest BCUT2D eigenvalue weighted by molar-refractivity contribution is 7.81. The molecule has 0 unspecified atom stereocenters. The van der Waals surface area contributed by atoms with Crippen LogP contribution in [0.5, 0.6) is 0 Å². The van der Waals surface area contributed by atoms with Crippen molar-refractivity contribution in [2.75, 3.05) is 22.9 Å². The third-order valence-electron chi connectivity index (χ3n) is 7.43. The van der Waals surface area contributed by atoms with E-state index in [0.717, 1.165) is 11.1 Å². The van der Waals surface area contributed by atoms with Crippen LogP contribution in [0.15, 0.2) is 35.4 Å². The molecule has 2 amide bonds. The third-order valence-corrected chi connectivity index (χ3v) is 7.79. The van der Waals surface area contributed by atoms with Crippen LogP contribution in [0.4, 0.5) is 29.3 Å². The van der Waals surface area contributed by atoms with Crippen molar-refractivity contribution in [3.05, 3.63) is 52.2 Å². The number of likely N-dealkylation sites (tertiary alicyclic amines) is 1. The molecule has 0 N–H and O–H groups in total. The maximum absolute atomic E-state index is 13.7. The number of aromatic nitrogens is 2. The molecule has 4 heterocycles. The van der Waals surface area contributed by atoms with Gasteiger partial charge in [-0.1, -0.05) is 0 Å². The van der Waals surface area contributed by atoms with Gasteiger partial charge in [0.1, 0.15) is 17.2 Å². The Bertz CT molecular complexity index is 1530. The number of amides is 2. The molecule has 1 spiro atoms. The van der Waals surface area contributed by atoms with Crippen molar-refractivity contribution in [3.8, 4) is 6.07 Å². The molecule has 2 aromatic rings. The predicted molar refractivity (Wildman–Crippen MR) is 145 cm³/mol. The Kier molecular flexibility index (Phi) is 6.84. The Balaban J connectivity index is 1.41. The van der Waals surface area contributed by atoms with E-state index in [0.29, 0.717) is 50.7 Å². The zero-order chi connectivity index (χ0) is 29.9. The molecule has 1 saturated carbocycles. The largest absolute Gasteiger partial charge is 0.444 e. The monoisotopic (exact) mass is 588 g/mol. The van der Waals surface area contributed by atoms with E-state index in [9.17, 15) is 27.6 Å². The van der Waals surface area contributed by atoms with Crippen LogP contribution in [-0.4, -0.2) is 55.8 Å². The van der Waals surface area contributed by atoms with Gasteiger partial charge in [0.05, 0.1) is 23.1 Å². The van der Waals surface area contributed by atoms with Crippen molar-refractivity contribution in [1.29, 1.82) is 5.26 Å². The molecular weight excluding hydrogens is 561 g/mol. The molecule has 0 radical (unpaired) electrons. The number of alkyl halides is 3. The molecule has 0 aromatic carbocycles. The Morgan fingerprint density at radius 2 is 1.88 bits per heavy atom. The van der Waals surface area contributed by atoms with Crippen molar-refractivity contribution in [1.82, 2.24) is 14.5 Å². The Morgan fingerprint density at radius 1 is 1.20 bits per heavy atom. The molecule has 2 saturated heterocycles. The minimum atomic E-state index is -4.86. The Hall–Kier alpha value is -3.99. The highest BCUT2D eigenvalue weighted by atomic mass is 32.1. The summed E-state index contributed by atoms with van der Waals surface area (Å²) in [6.45, 7) is 6.48. The van der Waals surface area contributed by atoms with E-state index in [1.54, 1.807) is 36.8 Å². The van der Waals surface area contributed by atoms with Gasteiger partial charge < -0.3 is 19.1 Å². The maximum atomic E-state index is 13.7. The lowest BCUT2D eigenvalue weighted by atomic mass is 9.75. The lowest BCUT2D eigenvalue weighted by Crippen LogP contribution is -2.55. The molecule has 5 rings (SSSR count). The first-order valence-electron chi connectivity index (χ1n) is 13.0. The van der Waals surface area contributed by atoms with Crippen LogP contribution in [0.25, 0.3) is 0 Å². The molecule has 2 aromatic heterocycles. The first kappa shape index (κ1) is 28.5. The summed E-state index contributed by atoms with van der Waals surface area (Å²) in [5, 5.41) is 9.06. The van der Waals surface area contributed by atoms with E-state index in [-0.39, 0.29) is 22.3 Å². The zero-order valence-electron chi connectivity index (χ0n) is 22.6. The van der Waals surface area contributed by atoms with Crippen molar-refractivity contribution in [2.24, 2.45) is 5.92 Å². The molecule has 0 atom stereocenters. The summed E-state index contributed by atoms with van der Waals surface area (Å²) in [5.41, 5.74) is -3.81. The van der Waals surface area contributed by atoms with Gasteiger partial charge in [-0.15, -0.1) is 0 Å². The van der Waals surface area contributed by atoms with Crippen molar-refractivity contribution in [2.45, 2.75) is 63.9 Å². The van der Waals surface area contributed by atoms with Gasteiger partial charge >= 0.3 is 12.3 Å². The van der Waals surface area contributed by atoms with Gasteiger partial charge in [0, 0.05) is 37.8 Å². The number of carbonyl (C=O) groups excluding carboxylic acids is 2. The summed E-state index contributed by atoms with van der Waals surface area (Å²) in [4.78, 5) is 46.5. The van der Waals surface area contributed by atoms with E-state index < -0.39 is 40.6 Å². The summed E-state index contributed by atoms with van der Waals surface area (Å²) >= 11 is 5.65. The fourth-order valence-corrected chi connectivity index (χ4v) is 5.79. The molecule has 0 bridgehead atoms. The normalized spacial score (nSPS) is 18.8. The zero-order valence-corrected chi connectivity index (χ0v) is 23.4.